The van der Waals surface area contributed by atoms with Gasteiger partial charge in [-0.1, -0.05) is 6.07 Å². The van der Waals surface area contributed by atoms with E-state index in [-0.39, 0.29) is 35.1 Å². The molecule has 1 aromatic carbocycles. The zero-order chi connectivity index (χ0) is 17.7. The molecule has 0 spiro atoms. The lowest BCUT2D eigenvalue weighted by Gasteiger charge is -2.13. The van der Waals surface area contributed by atoms with E-state index in [0.29, 0.717) is 21.9 Å². The highest BCUT2D eigenvalue weighted by Gasteiger charge is 2.21. The van der Waals surface area contributed by atoms with Crippen LogP contribution in [0.2, 0.25) is 0 Å². The highest BCUT2D eigenvalue weighted by molar-refractivity contribution is 7.99. The number of hydrogen-bond acceptors (Lipinski definition) is 8. The molecule has 0 unspecified atom stereocenters. The van der Waals surface area contributed by atoms with Gasteiger partial charge in [-0.05, 0) is 17.7 Å². The molecule has 2 aromatic rings. The van der Waals surface area contributed by atoms with Crippen molar-refractivity contribution < 1.29 is 14.9 Å². The first-order chi connectivity index (χ1) is 11.6. The van der Waals surface area contributed by atoms with E-state index in [4.69, 9.17) is 15.6 Å². The molecule has 24 heavy (non-hydrogen) atoms. The van der Waals surface area contributed by atoms with E-state index < -0.39 is 0 Å². The van der Waals surface area contributed by atoms with Gasteiger partial charge in [0.15, 0.2) is 11.5 Å². The van der Waals surface area contributed by atoms with Crippen LogP contribution in [-0.4, -0.2) is 34.7 Å². The smallest absolute Gasteiger partial charge is 0.160 e. The van der Waals surface area contributed by atoms with E-state index in [0.717, 1.165) is 0 Å². The summed E-state index contributed by atoms with van der Waals surface area (Å²) < 4.78 is 5.00. The number of pyridine rings is 1. The van der Waals surface area contributed by atoms with Crippen molar-refractivity contribution in [1.29, 1.82) is 10.5 Å². The van der Waals surface area contributed by atoms with Crippen LogP contribution in [0.3, 0.4) is 0 Å². The molecule has 122 valence electrons. The number of thioether (sulfide) groups is 1. The van der Waals surface area contributed by atoms with Crippen LogP contribution < -0.4 is 10.5 Å². The number of benzene rings is 1. The highest BCUT2D eigenvalue weighted by Crippen LogP contribution is 2.38. The summed E-state index contributed by atoms with van der Waals surface area (Å²) in [7, 11) is 1.42. The minimum Gasteiger partial charge on any atom is -0.504 e. The summed E-state index contributed by atoms with van der Waals surface area (Å²) in [6, 6.07) is 8.55. The zero-order valence-corrected chi connectivity index (χ0v) is 13.6. The largest absolute Gasteiger partial charge is 0.504 e. The number of aromatic hydroxyl groups is 1. The highest BCUT2D eigenvalue weighted by atomic mass is 32.2. The monoisotopic (exact) mass is 342 g/mol. The van der Waals surface area contributed by atoms with Gasteiger partial charge in [0.2, 0.25) is 0 Å². The third-order valence-corrected chi connectivity index (χ3v) is 4.17. The third-order valence-electron chi connectivity index (χ3n) is 3.21. The molecule has 0 aliphatic rings. The Balaban J connectivity index is 2.75. The van der Waals surface area contributed by atoms with Gasteiger partial charge in [0, 0.05) is 11.3 Å². The maximum Gasteiger partial charge on any atom is 0.160 e. The second kappa shape index (κ2) is 7.55. The number of aliphatic hydroxyl groups excluding tert-OH is 1. The Bertz CT molecular complexity index is 856. The number of phenols is 1. The summed E-state index contributed by atoms with van der Waals surface area (Å²) in [5, 5.41) is 38.2. The van der Waals surface area contributed by atoms with E-state index >= 15 is 0 Å². The number of ether oxygens (including phenoxy) is 1. The fraction of sp³-hybridized carbons (Fsp3) is 0.188. The summed E-state index contributed by atoms with van der Waals surface area (Å²) >= 11 is 1.17. The molecule has 0 amide bonds. The van der Waals surface area contributed by atoms with E-state index in [1.54, 1.807) is 6.07 Å². The Labute approximate surface area is 142 Å². The average Bonchev–Trinajstić information content (AvgIpc) is 2.59. The summed E-state index contributed by atoms with van der Waals surface area (Å²) in [6.07, 6.45) is 0. The third kappa shape index (κ3) is 3.20. The minimum absolute atomic E-state index is 0.0118. The van der Waals surface area contributed by atoms with Crippen LogP contribution in [0.5, 0.6) is 11.5 Å². The Hall–Kier alpha value is -2.94. The number of nitriles is 2. The molecule has 0 saturated heterocycles. The Morgan fingerprint density at radius 2 is 2.00 bits per heavy atom. The lowest BCUT2D eigenvalue weighted by molar-refractivity contribution is 0.322. The molecule has 8 heteroatoms. The predicted molar refractivity (Wildman–Crippen MR) is 89.5 cm³/mol. The number of methoxy groups -OCH3 is 1. The van der Waals surface area contributed by atoms with Crippen molar-refractivity contribution in [3.05, 3.63) is 29.3 Å². The zero-order valence-electron chi connectivity index (χ0n) is 12.8. The second-order valence-electron chi connectivity index (χ2n) is 4.61. The van der Waals surface area contributed by atoms with Crippen molar-refractivity contribution in [3.8, 4) is 34.8 Å². The number of hydrogen-bond donors (Lipinski definition) is 3. The molecule has 1 heterocycles. The number of nitrogens with two attached hydrogens (primary N) is 1. The number of rotatable bonds is 5. The Kier molecular flexibility index (Phi) is 5.48. The predicted octanol–water partition coefficient (Wildman–Crippen LogP) is 1.87. The van der Waals surface area contributed by atoms with Crippen molar-refractivity contribution in [3.63, 3.8) is 0 Å². The fourth-order valence-corrected chi connectivity index (χ4v) is 2.92. The van der Waals surface area contributed by atoms with Gasteiger partial charge in [-0.2, -0.15) is 10.5 Å². The van der Waals surface area contributed by atoms with Crippen molar-refractivity contribution in [2.24, 2.45) is 0 Å². The molecule has 1 aromatic heterocycles. The van der Waals surface area contributed by atoms with Gasteiger partial charge in [0.1, 0.15) is 28.5 Å². The molecule has 0 saturated carbocycles. The number of anilines is 1. The van der Waals surface area contributed by atoms with Crippen molar-refractivity contribution in [2.45, 2.75) is 5.03 Å². The second-order valence-corrected chi connectivity index (χ2v) is 5.69. The first kappa shape index (κ1) is 17.4. The van der Waals surface area contributed by atoms with Crippen LogP contribution in [0.25, 0.3) is 11.1 Å². The van der Waals surface area contributed by atoms with Crippen LogP contribution in [-0.2, 0) is 0 Å². The van der Waals surface area contributed by atoms with Gasteiger partial charge >= 0.3 is 0 Å². The molecular weight excluding hydrogens is 328 g/mol. The van der Waals surface area contributed by atoms with Crippen LogP contribution in [0, 0.1) is 22.7 Å². The number of nitrogen functional groups attached to an aromatic ring is 1. The molecule has 4 N–H and O–H groups in total. The molecule has 0 radical (unpaired) electrons. The molecule has 2 rings (SSSR count). The van der Waals surface area contributed by atoms with Crippen molar-refractivity contribution >= 4 is 17.6 Å². The van der Waals surface area contributed by atoms with E-state index in [1.807, 2.05) is 12.1 Å². The average molecular weight is 342 g/mol. The lowest BCUT2D eigenvalue weighted by Crippen LogP contribution is -2.04. The molecular formula is C16H14N4O3S. The molecule has 0 aliphatic carbocycles. The van der Waals surface area contributed by atoms with Gasteiger partial charge in [0.25, 0.3) is 0 Å². The van der Waals surface area contributed by atoms with E-state index in [9.17, 15) is 15.6 Å². The maximum atomic E-state index is 9.98. The molecule has 0 fully saturated rings. The molecule has 0 bridgehead atoms. The summed E-state index contributed by atoms with van der Waals surface area (Å²) in [6.45, 7) is -0.0875. The van der Waals surface area contributed by atoms with E-state index in [2.05, 4.69) is 4.98 Å². The maximum absolute atomic E-state index is 9.98. The summed E-state index contributed by atoms with van der Waals surface area (Å²) in [5.74, 6) is 0.470. The van der Waals surface area contributed by atoms with E-state index in [1.165, 1.54) is 31.0 Å². The van der Waals surface area contributed by atoms with Crippen LogP contribution >= 0.6 is 11.8 Å². The van der Waals surface area contributed by atoms with Crippen LogP contribution in [0.1, 0.15) is 11.1 Å². The number of phenolic OH excluding ortho intramolecular Hbond substituents is 1. The molecule has 0 atom stereocenters. The van der Waals surface area contributed by atoms with Gasteiger partial charge in [-0.3, -0.25) is 0 Å². The SMILES string of the molecule is COc1ccc(-c2c(C#N)c(N)nc(SCCO)c2C#N)cc1O. The standard InChI is InChI=1S/C16H14N4O3S/c1-23-13-3-2-9(6-12(13)22)14-10(7-17)15(19)20-16(11(14)8-18)24-5-4-21/h2-3,6,21-22H,4-5H2,1H3,(H2,19,20). The van der Waals surface area contributed by atoms with Gasteiger partial charge in [-0.25, -0.2) is 4.98 Å². The number of aromatic nitrogens is 1. The first-order valence-corrected chi connectivity index (χ1v) is 7.80. The van der Waals surface area contributed by atoms with Crippen LogP contribution in [0.15, 0.2) is 23.2 Å². The van der Waals surface area contributed by atoms with Crippen LogP contribution in [0.4, 0.5) is 5.82 Å². The summed E-state index contributed by atoms with van der Waals surface area (Å²) in [4.78, 5) is 4.09. The minimum atomic E-state index is -0.122. The van der Waals surface area contributed by atoms with Gasteiger partial charge in [-0.15, -0.1) is 11.8 Å². The fourth-order valence-electron chi connectivity index (χ4n) is 2.18. The molecule has 0 aliphatic heterocycles. The molecule has 7 nitrogen and oxygen atoms in total. The Morgan fingerprint density at radius 3 is 2.54 bits per heavy atom. The van der Waals surface area contributed by atoms with Crippen molar-refractivity contribution in [2.75, 3.05) is 25.2 Å². The van der Waals surface area contributed by atoms with Gasteiger partial charge < -0.3 is 20.7 Å². The van der Waals surface area contributed by atoms with Gasteiger partial charge in [0.05, 0.1) is 19.3 Å². The lowest BCUT2D eigenvalue weighted by atomic mass is 9.96. The number of nitrogens with zero attached hydrogens (tertiary/aromatic N) is 3. The quantitative estimate of drug-likeness (QED) is 0.701. The summed E-state index contributed by atoms with van der Waals surface area (Å²) in [5.41, 5.74) is 6.83. The first-order valence-electron chi connectivity index (χ1n) is 6.82. The normalized spacial score (nSPS) is 10.0. The number of aliphatic hydroxyl groups is 1. The van der Waals surface area contributed by atoms with Crippen molar-refractivity contribution in [1.82, 2.24) is 4.98 Å². The topological polar surface area (TPSA) is 136 Å². The Morgan fingerprint density at radius 1 is 1.29 bits per heavy atom.